The lowest BCUT2D eigenvalue weighted by Gasteiger charge is -2.31. The van der Waals surface area contributed by atoms with Gasteiger partial charge in [0.1, 0.15) is 11.8 Å². The van der Waals surface area contributed by atoms with Crippen molar-refractivity contribution in [3.63, 3.8) is 0 Å². The second-order valence-electron chi connectivity index (χ2n) is 9.77. The number of morpholine rings is 1. The summed E-state index contributed by atoms with van der Waals surface area (Å²) in [5.74, 6) is -0.336. The highest BCUT2D eigenvalue weighted by atomic mass is 32.2. The molecule has 10 nitrogen and oxygen atoms in total. The maximum atomic E-state index is 13.7. The topological polar surface area (TPSA) is 114 Å². The van der Waals surface area contributed by atoms with Crippen molar-refractivity contribution in [2.75, 3.05) is 53.2 Å². The van der Waals surface area contributed by atoms with Crippen LogP contribution in [-0.2, 0) is 42.1 Å². The minimum Gasteiger partial charge on any atom is -0.484 e. The van der Waals surface area contributed by atoms with E-state index in [9.17, 15) is 18.0 Å². The number of hydrogen-bond donors (Lipinski definition) is 1. The zero-order chi connectivity index (χ0) is 29.8. The van der Waals surface area contributed by atoms with Crippen LogP contribution >= 0.6 is 0 Å². The average Bonchev–Trinajstić information content (AvgIpc) is 3.03. The monoisotopic (exact) mass is 595 g/mol. The summed E-state index contributed by atoms with van der Waals surface area (Å²) in [6.07, 6.45) is 0.312. The number of methoxy groups -OCH3 is 1. The maximum absolute atomic E-state index is 13.7. The van der Waals surface area contributed by atoms with Gasteiger partial charge in [0, 0.05) is 39.7 Å². The lowest BCUT2D eigenvalue weighted by molar-refractivity contribution is -0.142. The molecular formula is C31H37N3O7S. The molecule has 224 valence electrons. The van der Waals surface area contributed by atoms with Gasteiger partial charge >= 0.3 is 0 Å². The normalized spacial score (nSPS) is 14.6. The average molecular weight is 596 g/mol. The van der Waals surface area contributed by atoms with Gasteiger partial charge in [0.25, 0.3) is 5.91 Å². The van der Waals surface area contributed by atoms with Crippen molar-refractivity contribution >= 4 is 21.8 Å². The molecule has 0 spiro atoms. The number of amides is 2. The minimum atomic E-state index is -3.65. The van der Waals surface area contributed by atoms with Gasteiger partial charge in [-0.05, 0) is 35.4 Å². The summed E-state index contributed by atoms with van der Waals surface area (Å²) >= 11 is 0. The summed E-state index contributed by atoms with van der Waals surface area (Å²) in [6.45, 7) is 1.84. The molecular weight excluding hydrogens is 558 g/mol. The molecule has 3 aromatic rings. The SMILES string of the molecule is COCCNC(=O)C(Cc1ccccc1)N(Cc1ccccc1)C(=O)COc1ccc(S(=O)(=O)N2CCOCC2)cc1. The van der Waals surface area contributed by atoms with Crippen LogP contribution in [0.25, 0.3) is 0 Å². The maximum Gasteiger partial charge on any atom is 0.261 e. The van der Waals surface area contributed by atoms with E-state index >= 15 is 0 Å². The van der Waals surface area contributed by atoms with Gasteiger partial charge in [0.15, 0.2) is 6.61 Å². The smallest absolute Gasteiger partial charge is 0.261 e. The van der Waals surface area contributed by atoms with Crippen LogP contribution in [0.1, 0.15) is 11.1 Å². The van der Waals surface area contributed by atoms with E-state index in [-0.39, 0.29) is 29.9 Å². The minimum absolute atomic E-state index is 0.143. The number of carbonyl (C=O) groups is 2. The Kier molecular flexibility index (Phi) is 11.5. The van der Waals surface area contributed by atoms with Crippen LogP contribution in [0.15, 0.2) is 89.8 Å². The highest BCUT2D eigenvalue weighted by molar-refractivity contribution is 7.89. The zero-order valence-electron chi connectivity index (χ0n) is 23.7. The Morgan fingerprint density at radius 3 is 2.17 bits per heavy atom. The molecule has 0 aliphatic carbocycles. The van der Waals surface area contributed by atoms with Crippen molar-refractivity contribution in [3.05, 3.63) is 96.1 Å². The van der Waals surface area contributed by atoms with Crippen LogP contribution in [0.2, 0.25) is 0 Å². The van der Waals surface area contributed by atoms with Gasteiger partial charge in [-0.1, -0.05) is 60.7 Å². The van der Waals surface area contributed by atoms with Crippen molar-refractivity contribution in [3.8, 4) is 5.75 Å². The molecule has 1 aliphatic heterocycles. The lowest BCUT2D eigenvalue weighted by atomic mass is 10.0. The molecule has 1 atom stereocenters. The third kappa shape index (κ3) is 8.62. The van der Waals surface area contributed by atoms with E-state index in [1.165, 1.54) is 33.5 Å². The molecule has 11 heteroatoms. The number of carbonyl (C=O) groups excluding carboxylic acids is 2. The first-order valence-corrected chi connectivity index (χ1v) is 15.3. The van der Waals surface area contributed by atoms with Crippen LogP contribution in [0.3, 0.4) is 0 Å². The van der Waals surface area contributed by atoms with Crippen LogP contribution in [0.5, 0.6) is 5.75 Å². The van der Waals surface area contributed by atoms with Gasteiger partial charge < -0.3 is 24.4 Å². The fraction of sp³-hybridized carbons (Fsp3) is 0.355. The molecule has 1 heterocycles. The van der Waals surface area contributed by atoms with Gasteiger partial charge in [-0.25, -0.2) is 8.42 Å². The predicted molar refractivity (Wildman–Crippen MR) is 157 cm³/mol. The van der Waals surface area contributed by atoms with Gasteiger partial charge in [-0.3, -0.25) is 9.59 Å². The van der Waals surface area contributed by atoms with E-state index < -0.39 is 16.1 Å². The summed E-state index contributed by atoms with van der Waals surface area (Å²) in [5.41, 5.74) is 1.78. The Bertz CT molecular complexity index is 1380. The highest BCUT2D eigenvalue weighted by Crippen LogP contribution is 2.21. The fourth-order valence-corrected chi connectivity index (χ4v) is 6.01. The Morgan fingerprint density at radius 2 is 1.55 bits per heavy atom. The number of benzene rings is 3. The fourth-order valence-electron chi connectivity index (χ4n) is 4.60. The van der Waals surface area contributed by atoms with Gasteiger partial charge in [-0.15, -0.1) is 0 Å². The summed E-state index contributed by atoms with van der Waals surface area (Å²) in [5, 5.41) is 2.88. The molecule has 42 heavy (non-hydrogen) atoms. The quantitative estimate of drug-likeness (QED) is 0.285. The lowest BCUT2D eigenvalue weighted by Crippen LogP contribution is -2.52. The molecule has 3 aromatic carbocycles. The predicted octanol–water partition coefficient (Wildman–Crippen LogP) is 2.49. The van der Waals surface area contributed by atoms with E-state index in [0.717, 1.165) is 11.1 Å². The van der Waals surface area contributed by atoms with Crippen LogP contribution in [-0.4, -0.2) is 88.7 Å². The molecule has 0 bridgehead atoms. The van der Waals surface area contributed by atoms with Crippen molar-refractivity contribution in [1.82, 2.24) is 14.5 Å². The zero-order valence-corrected chi connectivity index (χ0v) is 24.5. The Hall–Kier alpha value is -3.77. The van der Waals surface area contributed by atoms with Crippen molar-refractivity contribution in [2.45, 2.75) is 23.9 Å². The third-order valence-corrected chi connectivity index (χ3v) is 8.78. The van der Waals surface area contributed by atoms with E-state index in [2.05, 4.69) is 5.32 Å². The number of nitrogens with zero attached hydrogens (tertiary/aromatic N) is 2. The standard InChI is InChI=1S/C31H37N3O7S/c1-39-19-16-32-31(36)29(22-25-8-4-2-5-9-25)34(23-26-10-6-3-7-11-26)30(35)24-41-27-12-14-28(15-13-27)42(37,38)33-17-20-40-21-18-33/h2-15,29H,16-24H2,1H3,(H,32,36). The molecule has 1 fully saturated rings. The summed E-state index contributed by atoms with van der Waals surface area (Å²) < 4.78 is 43.4. The largest absolute Gasteiger partial charge is 0.484 e. The second-order valence-corrected chi connectivity index (χ2v) is 11.7. The molecule has 1 aliphatic rings. The third-order valence-electron chi connectivity index (χ3n) is 6.87. The van der Waals surface area contributed by atoms with Crippen molar-refractivity contribution in [2.24, 2.45) is 0 Å². The summed E-state index contributed by atoms with van der Waals surface area (Å²) in [4.78, 5) is 28.8. The molecule has 4 rings (SSSR count). The molecule has 1 unspecified atom stereocenters. The van der Waals surface area contributed by atoms with Gasteiger partial charge in [0.2, 0.25) is 15.9 Å². The molecule has 0 aromatic heterocycles. The number of hydrogen-bond acceptors (Lipinski definition) is 7. The number of sulfonamides is 1. The first kappa shape index (κ1) is 31.2. The molecule has 0 saturated carbocycles. The van der Waals surface area contributed by atoms with Crippen LogP contribution < -0.4 is 10.1 Å². The Balaban J connectivity index is 1.51. The Labute approximate surface area is 247 Å². The first-order valence-electron chi connectivity index (χ1n) is 13.8. The second kappa shape index (κ2) is 15.5. The Morgan fingerprint density at radius 1 is 0.929 bits per heavy atom. The van der Waals surface area contributed by atoms with Crippen LogP contribution in [0, 0.1) is 0 Å². The van der Waals surface area contributed by atoms with Crippen molar-refractivity contribution in [1.29, 1.82) is 0 Å². The molecule has 1 N–H and O–H groups in total. The number of ether oxygens (including phenoxy) is 3. The van der Waals surface area contributed by atoms with Gasteiger partial charge in [-0.2, -0.15) is 4.31 Å². The highest BCUT2D eigenvalue weighted by Gasteiger charge is 2.31. The van der Waals surface area contributed by atoms with E-state index in [1.54, 1.807) is 7.11 Å². The van der Waals surface area contributed by atoms with E-state index in [0.29, 0.717) is 51.6 Å². The van der Waals surface area contributed by atoms with E-state index in [1.807, 2.05) is 60.7 Å². The van der Waals surface area contributed by atoms with Crippen LogP contribution in [0.4, 0.5) is 0 Å². The number of nitrogens with one attached hydrogen (secondary N) is 1. The van der Waals surface area contributed by atoms with E-state index in [4.69, 9.17) is 14.2 Å². The van der Waals surface area contributed by atoms with Gasteiger partial charge in [0.05, 0.1) is 24.7 Å². The summed E-state index contributed by atoms with van der Waals surface area (Å²) in [6, 6.07) is 24.2. The molecule has 0 radical (unpaired) electrons. The van der Waals surface area contributed by atoms with Crippen molar-refractivity contribution < 1.29 is 32.2 Å². The number of rotatable bonds is 14. The summed E-state index contributed by atoms with van der Waals surface area (Å²) in [7, 11) is -2.09. The first-order chi connectivity index (χ1) is 20.4. The molecule has 2 amide bonds. The molecule has 1 saturated heterocycles.